The van der Waals surface area contributed by atoms with E-state index in [9.17, 15) is 31.7 Å². The highest BCUT2D eigenvalue weighted by atomic mass is 35.5. The minimum absolute atomic E-state index is 0.0183. The van der Waals surface area contributed by atoms with Crippen LogP contribution in [-0.4, -0.2) is 29.7 Å². The van der Waals surface area contributed by atoms with Crippen molar-refractivity contribution in [2.24, 2.45) is 0 Å². The van der Waals surface area contributed by atoms with Gasteiger partial charge in [-0.05, 0) is 25.5 Å². The molecule has 8 nitrogen and oxygen atoms in total. The van der Waals surface area contributed by atoms with Crippen LogP contribution >= 0.6 is 11.6 Å². The Morgan fingerprint density at radius 1 is 1.30 bits per heavy atom. The fourth-order valence-corrected chi connectivity index (χ4v) is 3.51. The minimum Gasteiger partial charge on any atom is -0.268 e. The Balaban J connectivity index is 1.97. The molecule has 2 rings (SSSR count). The van der Waals surface area contributed by atoms with E-state index in [1.54, 1.807) is 0 Å². The lowest BCUT2D eigenvalue weighted by Crippen LogP contribution is -2.25. The number of halogens is 4. The first kappa shape index (κ1) is 21.1. The van der Waals surface area contributed by atoms with Crippen LogP contribution in [0.1, 0.15) is 17.8 Å². The summed E-state index contributed by atoms with van der Waals surface area (Å²) >= 11 is 5.64. The van der Waals surface area contributed by atoms with Gasteiger partial charge in [-0.1, -0.05) is 11.6 Å². The largest absolute Gasteiger partial charge is 0.436 e. The summed E-state index contributed by atoms with van der Waals surface area (Å²) in [7, 11) is -3.90. The molecule has 0 aliphatic heterocycles. The summed E-state index contributed by atoms with van der Waals surface area (Å²) in [4.78, 5) is 9.76. The molecule has 1 aromatic carbocycles. The van der Waals surface area contributed by atoms with E-state index in [4.69, 9.17) is 11.6 Å². The van der Waals surface area contributed by atoms with Gasteiger partial charge in [-0.3, -0.25) is 14.8 Å². The number of aromatic nitrogens is 2. The molecule has 0 radical (unpaired) electrons. The van der Waals surface area contributed by atoms with Gasteiger partial charge in [0.1, 0.15) is 0 Å². The fourth-order valence-electron chi connectivity index (χ4n) is 2.19. The molecular weight excluding hydrogens is 413 g/mol. The van der Waals surface area contributed by atoms with E-state index >= 15 is 0 Å². The highest BCUT2D eigenvalue weighted by Crippen LogP contribution is 2.35. The van der Waals surface area contributed by atoms with Crippen molar-refractivity contribution in [3.05, 3.63) is 50.8 Å². The van der Waals surface area contributed by atoms with Gasteiger partial charge in [0.15, 0.2) is 5.69 Å². The van der Waals surface area contributed by atoms with E-state index in [0.717, 1.165) is 28.9 Å². The molecular formula is C14H14ClF3N4O4S. The molecule has 0 aliphatic rings. The zero-order chi connectivity index (χ0) is 20.4. The first-order valence-electron chi connectivity index (χ1n) is 7.47. The van der Waals surface area contributed by atoms with Crippen molar-refractivity contribution in [2.75, 3.05) is 6.54 Å². The van der Waals surface area contributed by atoms with Crippen LogP contribution in [0.3, 0.4) is 0 Å². The maximum Gasteiger partial charge on any atom is 0.436 e. The minimum atomic E-state index is -4.68. The zero-order valence-electron chi connectivity index (χ0n) is 13.8. The van der Waals surface area contributed by atoms with Gasteiger partial charge in [0.2, 0.25) is 10.0 Å². The van der Waals surface area contributed by atoms with Crippen LogP contribution in [0, 0.1) is 17.0 Å². The topological polar surface area (TPSA) is 107 Å². The average Bonchev–Trinajstić information content (AvgIpc) is 2.87. The van der Waals surface area contributed by atoms with Gasteiger partial charge in [-0.25, -0.2) is 13.1 Å². The van der Waals surface area contributed by atoms with Crippen molar-refractivity contribution in [1.82, 2.24) is 14.5 Å². The molecule has 2 aromatic rings. The monoisotopic (exact) mass is 426 g/mol. The molecule has 0 saturated carbocycles. The van der Waals surface area contributed by atoms with Gasteiger partial charge in [-0.15, -0.1) is 0 Å². The molecule has 0 amide bonds. The summed E-state index contributed by atoms with van der Waals surface area (Å²) in [5, 5.41) is 13.5. The molecule has 0 atom stereocenters. The number of sulfonamides is 1. The van der Waals surface area contributed by atoms with Crippen LogP contribution in [0.15, 0.2) is 29.2 Å². The molecule has 0 fully saturated rings. The molecule has 0 saturated heterocycles. The molecule has 1 aromatic heterocycles. The number of rotatable bonds is 7. The van der Waals surface area contributed by atoms with Crippen LogP contribution < -0.4 is 4.72 Å². The standard InChI is InChI=1S/C14H14ClF3N4O4S/c1-9-12(15)13(14(16,17)18)20-21(9)8-2-7-19-27(25,26)11-5-3-10(4-6-11)22(23)24/h3-6,19H,2,7-8H2,1H3. The van der Waals surface area contributed by atoms with Crippen molar-refractivity contribution in [1.29, 1.82) is 0 Å². The maximum atomic E-state index is 12.8. The Kier molecular flexibility index (Phi) is 6.12. The number of alkyl halides is 3. The van der Waals surface area contributed by atoms with Gasteiger partial charge in [-0.2, -0.15) is 18.3 Å². The maximum absolute atomic E-state index is 12.8. The van der Waals surface area contributed by atoms with E-state index < -0.39 is 31.8 Å². The number of nitrogens with one attached hydrogen (secondary N) is 1. The van der Waals surface area contributed by atoms with Crippen molar-refractivity contribution in [3.63, 3.8) is 0 Å². The van der Waals surface area contributed by atoms with Gasteiger partial charge in [0.25, 0.3) is 5.69 Å². The SMILES string of the molecule is Cc1c(Cl)c(C(F)(F)F)nn1CCCNS(=O)(=O)c1ccc([N+](=O)[O-])cc1. The van der Waals surface area contributed by atoms with E-state index in [2.05, 4.69) is 9.82 Å². The second kappa shape index (κ2) is 7.82. The second-order valence-corrected chi connectivity index (χ2v) is 7.62. The van der Waals surface area contributed by atoms with E-state index in [1.807, 2.05) is 0 Å². The third-order valence-corrected chi connectivity index (χ3v) is 5.53. The lowest BCUT2D eigenvalue weighted by molar-refractivity contribution is -0.384. The highest BCUT2D eigenvalue weighted by molar-refractivity contribution is 7.89. The molecule has 0 spiro atoms. The van der Waals surface area contributed by atoms with Gasteiger partial charge in [0.05, 0.1) is 20.5 Å². The van der Waals surface area contributed by atoms with Crippen molar-refractivity contribution < 1.29 is 26.5 Å². The van der Waals surface area contributed by atoms with Crippen molar-refractivity contribution >= 4 is 27.3 Å². The summed E-state index contributed by atoms with van der Waals surface area (Å²) in [5.41, 5.74) is -1.31. The van der Waals surface area contributed by atoms with E-state index in [0.29, 0.717) is 0 Å². The van der Waals surface area contributed by atoms with Crippen LogP contribution in [0.25, 0.3) is 0 Å². The van der Waals surface area contributed by atoms with Crippen LogP contribution in [0.2, 0.25) is 5.02 Å². The zero-order valence-corrected chi connectivity index (χ0v) is 15.4. The normalized spacial score (nSPS) is 12.3. The smallest absolute Gasteiger partial charge is 0.268 e. The third-order valence-electron chi connectivity index (χ3n) is 3.60. The van der Waals surface area contributed by atoms with Gasteiger partial charge < -0.3 is 0 Å². The Morgan fingerprint density at radius 3 is 2.37 bits per heavy atom. The molecule has 0 unspecified atom stereocenters. The van der Waals surface area contributed by atoms with Crippen LogP contribution in [0.4, 0.5) is 18.9 Å². The number of benzene rings is 1. The third kappa shape index (κ3) is 4.96. The van der Waals surface area contributed by atoms with Gasteiger partial charge in [0, 0.05) is 25.2 Å². The molecule has 0 bridgehead atoms. The van der Waals surface area contributed by atoms with Crippen LogP contribution in [0.5, 0.6) is 0 Å². The first-order chi connectivity index (χ1) is 12.4. The lowest BCUT2D eigenvalue weighted by atomic mass is 10.3. The van der Waals surface area contributed by atoms with Crippen molar-refractivity contribution in [2.45, 2.75) is 31.0 Å². The first-order valence-corrected chi connectivity index (χ1v) is 9.34. The molecule has 148 valence electrons. The number of hydrogen-bond acceptors (Lipinski definition) is 5. The summed E-state index contributed by atoms with van der Waals surface area (Å²) < 4.78 is 65.8. The Morgan fingerprint density at radius 2 is 1.89 bits per heavy atom. The number of nitro benzene ring substituents is 1. The number of nitro groups is 1. The average molecular weight is 427 g/mol. The summed E-state index contributed by atoms with van der Waals surface area (Å²) in [6, 6.07) is 4.30. The Labute approximate surface area is 157 Å². The van der Waals surface area contributed by atoms with Crippen LogP contribution in [-0.2, 0) is 22.7 Å². The fraction of sp³-hybridized carbons (Fsp3) is 0.357. The molecule has 13 heteroatoms. The molecule has 1 N–H and O–H groups in total. The predicted octanol–water partition coefficient (Wildman–Crippen LogP) is 3.14. The quantitative estimate of drug-likeness (QED) is 0.416. The summed E-state index contributed by atoms with van der Waals surface area (Å²) in [5.74, 6) is 0. The van der Waals surface area contributed by atoms with Crippen molar-refractivity contribution in [3.8, 4) is 0 Å². The number of aryl methyl sites for hydroxylation is 1. The van der Waals surface area contributed by atoms with E-state index in [-0.39, 0.29) is 35.8 Å². The molecule has 1 heterocycles. The lowest BCUT2D eigenvalue weighted by Gasteiger charge is -2.08. The number of non-ortho nitro benzene ring substituents is 1. The Bertz CT molecular complexity index is 943. The van der Waals surface area contributed by atoms with Gasteiger partial charge >= 0.3 is 6.18 Å². The summed E-state index contributed by atoms with van der Waals surface area (Å²) in [6.45, 7) is 1.33. The van der Waals surface area contributed by atoms with E-state index in [1.165, 1.54) is 6.92 Å². The second-order valence-electron chi connectivity index (χ2n) is 5.47. The Hall–Kier alpha value is -2.18. The highest BCUT2D eigenvalue weighted by Gasteiger charge is 2.38. The summed E-state index contributed by atoms with van der Waals surface area (Å²) in [6.07, 6.45) is -4.52. The molecule has 27 heavy (non-hydrogen) atoms. The predicted molar refractivity (Wildman–Crippen MR) is 89.9 cm³/mol. The molecule has 0 aliphatic carbocycles. The number of hydrogen-bond donors (Lipinski definition) is 1. The number of nitrogens with zero attached hydrogens (tertiary/aromatic N) is 3.